The molecule has 0 spiro atoms. The minimum absolute atomic E-state index is 0.352. The van der Waals surface area contributed by atoms with E-state index in [-0.39, 0.29) is 0 Å². The van der Waals surface area contributed by atoms with E-state index in [1.54, 1.807) is 6.26 Å². The summed E-state index contributed by atoms with van der Waals surface area (Å²) < 4.78 is 4.70. The number of aryl methyl sites for hydroxylation is 1. The van der Waals surface area contributed by atoms with E-state index in [4.69, 9.17) is 9.78 Å². The molecule has 0 aliphatic carbocycles. The van der Waals surface area contributed by atoms with Gasteiger partial charge in [0.15, 0.2) is 0 Å². The molecular formula is C7H9N3O. The molecular weight excluding hydrogens is 142 g/mol. The molecule has 1 N–H and O–H groups in total. The predicted octanol–water partition coefficient (Wildman–Crippen LogP) is 0.596. The van der Waals surface area contributed by atoms with E-state index >= 15 is 0 Å². The molecule has 1 aromatic heterocycles. The molecule has 4 nitrogen and oxygen atoms in total. The number of nitriles is 1. The second-order valence-corrected chi connectivity index (χ2v) is 2.19. The van der Waals surface area contributed by atoms with Crippen molar-refractivity contribution >= 4 is 0 Å². The third kappa shape index (κ3) is 2.06. The highest BCUT2D eigenvalue weighted by Gasteiger charge is 2.00. The molecule has 0 fully saturated rings. The van der Waals surface area contributed by atoms with E-state index in [1.165, 1.54) is 0 Å². The molecule has 0 amide bonds. The highest BCUT2D eigenvalue weighted by molar-refractivity contribution is 5.11. The summed E-state index contributed by atoms with van der Waals surface area (Å²) in [7, 11) is 0. The summed E-state index contributed by atoms with van der Waals surface area (Å²) in [6.07, 6.45) is 1.58. The third-order valence-electron chi connectivity index (χ3n) is 1.37. The molecule has 0 aliphatic heterocycles. The zero-order valence-corrected chi connectivity index (χ0v) is 6.29. The Labute approximate surface area is 64.8 Å². The monoisotopic (exact) mass is 151 g/mol. The highest BCUT2D eigenvalue weighted by Crippen LogP contribution is 2.02. The molecule has 1 aromatic rings. The van der Waals surface area contributed by atoms with Crippen LogP contribution in [-0.4, -0.2) is 11.7 Å². The first kappa shape index (κ1) is 7.76. The van der Waals surface area contributed by atoms with Gasteiger partial charge < -0.3 is 9.84 Å². The minimum Gasteiger partial charge on any atom is -0.364 e. The van der Waals surface area contributed by atoms with Crippen LogP contribution in [0.5, 0.6) is 0 Å². The van der Waals surface area contributed by atoms with Crippen molar-refractivity contribution in [3.05, 3.63) is 17.5 Å². The summed E-state index contributed by atoms with van der Waals surface area (Å²) in [6.45, 7) is 2.86. The van der Waals surface area contributed by atoms with Crippen molar-refractivity contribution in [3.8, 4) is 6.07 Å². The average molecular weight is 151 g/mol. The molecule has 58 valence electrons. The molecule has 11 heavy (non-hydrogen) atoms. The van der Waals surface area contributed by atoms with Crippen molar-refractivity contribution in [2.45, 2.75) is 13.5 Å². The Morgan fingerprint density at radius 2 is 2.64 bits per heavy atom. The molecule has 0 atom stereocenters. The van der Waals surface area contributed by atoms with Crippen LogP contribution in [-0.2, 0) is 6.54 Å². The summed E-state index contributed by atoms with van der Waals surface area (Å²) in [5.74, 6) is 0. The number of nitrogens with zero attached hydrogens (tertiary/aromatic N) is 2. The van der Waals surface area contributed by atoms with Crippen LogP contribution in [0, 0.1) is 18.3 Å². The number of nitrogens with one attached hydrogen (secondary N) is 1. The first-order valence-electron chi connectivity index (χ1n) is 3.32. The molecule has 0 saturated carbocycles. The summed E-state index contributed by atoms with van der Waals surface area (Å²) in [4.78, 5) is 0. The molecule has 0 radical (unpaired) electrons. The van der Waals surface area contributed by atoms with Gasteiger partial charge >= 0.3 is 0 Å². The van der Waals surface area contributed by atoms with Gasteiger partial charge in [-0.1, -0.05) is 5.16 Å². The van der Waals surface area contributed by atoms with E-state index < -0.39 is 0 Å². The zero-order valence-electron chi connectivity index (χ0n) is 6.29. The normalized spacial score (nSPS) is 9.45. The van der Waals surface area contributed by atoms with Gasteiger partial charge in [-0.25, -0.2) is 0 Å². The van der Waals surface area contributed by atoms with Crippen LogP contribution >= 0.6 is 0 Å². The first-order chi connectivity index (χ1) is 5.34. The zero-order chi connectivity index (χ0) is 8.10. The van der Waals surface area contributed by atoms with Crippen molar-refractivity contribution in [2.75, 3.05) is 6.54 Å². The van der Waals surface area contributed by atoms with Gasteiger partial charge in [0.1, 0.15) is 6.26 Å². The molecule has 0 bridgehead atoms. The smallest absolute Gasteiger partial charge is 0.128 e. The second kappa shape index (κ2) is 3.74. The Balaban J connectivity index is 2.40. The van der Waals surface area contributed by atoms with E-state index in [0.717, 1.165) is 11.3 Å². The van der Waals surface area contributed by atoms with Crippen molar-refractivity contribution in [1.82, 2.24) is 10.5 Å². The van der Waals surface area contributed by atoms with Gasteiger partial charge in [0.05, 0.1) is 18.3 Å². The average Bonchev–Trinajstić information content (AvgIpc) is 2.37. The van der Waals surface area contributed by atoms with Crippen LogP contribution in [0.1, 0.15) is 11.3 Å². The van der Waals surface area contributed by atoms with Crippen molar-refractivity contribution in [3.63, 3.8) is 0 Å². The summed E-state index contributed by atoms with van der Waals surface area (Å²) in [6, 6.07) is 1.99. The lowest BCUT2D eigenvalue weighted by Crippen LogP contribution is -2.13. The minimum atomic E-state index is 0.352. The Hall–Kier alpha value is -1.34. The van der Waals surface area contributed by atoms with Crippen LogP contribution in [0.15, 0.2) is 10.8 Å². The van der Waals surface area contributed by atoms with Gasteiger partial charge in [-0.05, 0) is 6.92 Å². The largest absolute Gasteiger partial charge is 0.364 e. The fourth-order valence-electron chi connectivity index (χ4n) is 0.736. The standard InChI is InChI=1S/C7H9N3O/c1-6-7(5-11-10-6)4-9-3-2-8/h5,9H,3-4H2,1H3. The third-order valence-corrected chi connectivity index (χ3v) is 1.37. The quantitative estimate of drug-likeness (QED) is 0.507. The van der Waals surface area contributed by atoms with E-state index in [1.807, 2.05) is 13.0 Å². The Kier molecular flexibility index (Phi) is 2.64. The molecule has 4 heteroatoms. The van der Waals surface area contributed by atoms with Crippen molar-refractivity contribution < 1.29 is 4.52 Å². The van der Waals surface area contributed by atoms with Gasteiger partial charge in [0.25, 0.3) is 0 Å². The summed E-state index contributed by atoms with van der Waals surface area (Å²) >= 11 is 0. The molecule has 1 heterocycles. The topological polar surface area (TPSA) is 61.9 Å². The van der Waals surface area contributed by atoms with E-state index in [9.17, 15) is 0 Å². The van der Waals surface area contributed by atoms with Crippen LogP contribution in [0.3, 0.4) is 0 Å². The fourth-order valence-corrected chi connectivity index (χ4v) is 0.736. The molecule has 0 saturated heterocycles. The SMILES string of the molecule is Cc1nocc1CNCC#N. The number of hydrogen-bond donors (Lipinski definition) is 1. The maximum Gasteiger partial charge on any atom is 0.128 e. The first-order valence-corrected chi connectivity index (χ1v) is 3.32. The van der Waals surface area contributed by atoms with Crippen LogP contribution in [0.4, 0.5) is 0 Å². The van der Waals surface area contributed by atoms with Crippen LogP contribution in [0.25, 0.3) is 0 Å². The fraction of sp³-hybridized carbons (Fsp3) is 0.429. The van der Waals surface area contributed by atoms with Crippen LogP contribution < -0.4 is 5.32 Å². The maximum atomic E-state index is 8.21. The Bertz CT molecular complexity index is 261. The molecule has 0 unspecified atom stereocenters. The highest BCUT2D eigenvalue weighted by atomic mass is 16.5. The van der Waals surface area contributed by atoms with Gasteiger partial charge in [-0.3, -0.25) is 0 Å². The molecule has 0 aromatic carbocycles. The Morgan fingerprint density at radius 1 is 1.82 bits per heavy atom. The van der Waals surface area contributed by atoms with Crippen molar-refractivity contribution in [1.29, 1.82) is 5.26 Å². The number of rotatable bonds is 3. The van der Waals surface area contributed by atoms with E-state index in [0.29, 0.717) is 13.1 Å². The predicted molar refractivity (Wildman–Crippen MR) is 38.6 cm³/mol. The summed E-state index contributed by atoms with van der Waals surface area (Å²) in [5, 5.41) is 14.8. The summed E-state index contributed by atoms with van der Waals surface area (Å²) in [5.41, 5.74) is 1.87. The van der Waals surface area contributed by atoms with Gasteiger partial charge in [0, 0.05) is 12.1 Å². The Morgan fingerprint density at radius 3 is 3.18 bits per heavy atom. The number of aromatic nitrogens is 1. The molecule has 0 aliphatic rings. The lowest BCUT2D eigenvalue weighted by molar-refractivity contribution is 0.414. The second-order valence-electron chi connectivity index (χ2n) is 2.19. The lowest BCUT2D eigenvalue weighted by atomic mass is 10.3. The number of hydrogen-bond acceptors (Lipinski definition) is 4. The van der Waals surface area contributed by atoms with Gasteiger partial charge in [-0.2, -0.15) is 5.26 Å². The maximum absolute atomic E-state index is 8.21. The van der Waals surface area contributed by atoms with Gasteiger partial charge in [0.2, 0.25) is 0 Å². The molecule has 1 rings (SSSR count). The lowest BCUT2D eigenvalue weighted by Gasteiger charge is -1.94. The van der Waals surface area contributed by atoms with Crippen LogP contribution in [0.2, 0.25) is 0 Å². The van der Waals surface area contributed by atoms with Crippen molar-refractivity contribution in [2.24, 2.45) is 0 Å². The van der Waals surface area contributed by atoms with Gasteiger partial charge in [-0.15, -0.1) is 0 Å². The van der Waals surface area contributed by atoms with E-state index in [2.05, 4.69) is 10.5 Å².